The monoisotopic (exact) mass is 226 g/mol. The molecule has 1 rings (SSSR count). The number of hydrogen-bond donors (Lipinski definition) is 1. The van der Waals surface area contributed by atoms with E-state index in [1.807, 2.05) is 11.8 Å². The zero-order valence-corrected chi connectivity index (χ0v) is 10.6. The minimum atomic E-state index is 0.466. The zero-order valence-electron chi connectivity index (χ0n) is 9.83. The molecule has 15 heavy (non-hydrogen) atoms. The van der Waals surface area contributed by atoms with Gasteiger partial charge in [0.1, 0.15) is 0 Å². The third kappa shape index (κ3) is 4.06. The van der Waals surface area contributed by atoms with Crippen LogP contribution >= 0.6 is 11.8 Å². The molecule has 0 radical (unpaired) electrons. The molecule has 0 bridgehead atoms. The topological polar surface area (TPSA) is 15.3 Å². The van der Waals surface area contributed by atoms with Crippen LogP contribution in [0.4, 0.5) is 0 Å². The lowest BCUT2D eigenvalue weighted by molar-refractivity contribution is 0.216. The smallest absolute Gasteiger partial charge is 0.0346 e. The Balaban J connectivity index is 2.48. The maximum atomic E-state index is 5.44. The molecular formula is C12H22N2S. The second kappa shape index (κ2) is 7.16. The molecule has 1 aliphatic heterocycles. The second-order valence-electron chi connectivity index (χ2n) is 4.09. The average molecular weight is 226 g/mol. The molecule has 0 aromatic carbocycles. The largest absolute Gasteiger partial charge is 0.311 e. The van der Waals surface area contributed by atoms with Gasteiger partial charge in [0.15, 0.2) is 0 Å². The normalized spacial score (nSPS) is 24.7. The molecule has 0 aromatic heterocycles. The van der Waals surface area contributed by atoms with Crippen LogP contribution in [0.1, 0.15) is 19.8 Å². The average Bonchev–Trinajstić information content (AvgIpc) is 2.25. The molecule has 0 spiro atoms. The van der Waals surface area contributed by atoms with Crippen LogP contribution < -0.4 is 5.32 Å². The molecule has 2 nitrogen and oxygen atoms in total. The fourth-order valence-electron chi connectivity index (χ4n) is 1.93. The van der Waals surface area contributed by atoms with E-state index in [-0.39, 0.29) is 0 Å². The maximum absolute atomic E-state index is 5.44. The Morgan fingerprint density at radius 1 is 1.67 bits per heavy atom. The van der Waals surface area contributed by atoms with Crippen molar-refractivity contribution in [2.24, 2.45) is 0 Å². The molecule has 2 unspecified atom stereocenters. The van der Waals surface area contributed by atoms with Crippen molar-refractivity contribution in [2.45, 2.75) is 31.8 Å². The van der Waals surface area contributed by atoms with E-state index in [0.717, 1.165) is 13.0 Å². The molecule has 0 aliphatic carbocycles. The van der Waals surface area contributed by atoms with Gasteiger partial charge in [-0.05, 0) is 20.0 Å². The SMILES string of the molecule is C#CCC(NCCC)C1CSCCN1C. The van der Waals surface area contributed by atoms with E-state index in [0.29, 0.717) is 12.1 Å². The van der Waals surface area contributed by atoms with Gasteiger partial charge in [-0.15, -0.1) is 12.3 Å². The van der Waals surface area contributed by atoms with Crippen molar-refractivity contribution in [3.05, 3.63) is 0 Å². The summed E-state index contributed by atoms with van der Waals surface area (Å²) in [4.78, 5) is 2.45. The highest BCUT2D eigenvalue weighted by molar-refractivity contribution is 7.99. The van der Waals surface area contributed by atoms with E-state index in [1.54, 1.807) is 0 Å². The molecule has 86 valence electrons. The van der Waals surface area contributed by atoms with Gasteiger partial charge in [-0.25, -0.2) is 0 Å². The summed E-state index contributed by atoms with van der Waals surface area (Å²) >= 11 is 2.04. The van der Waals surface area contributed by atoms with Crippen molar-refractivity contribution in [3.63, 3.8) is 0 Å². The van der Waals surface area contributed by atoms with E-state index < -0.39 is 0 Å². The number of nitrogens with zero attached hydrogens (tertiary/aromatic N) is 1. The number of hydrogen-bond acceptors (Lipinski definition) is 3. The molecule has 0 saturated carbocycles. The second-order valence-corrected chi connectivity index (χ2v) is 5.24. The quantitative estimate of drug-likeness (QED) is 0.714. The summed E-state index contributed by atoms with van der Waals surface area (Å²) in [6.45, 7) is 4.45. The summed E-state index contributed by atoms with van der Waals surface area (Å²) in [5.41, 5.74) is 0. The highest BCUT2D eigenvalue weighted by Gasteiger charge is 2.26. The summed E-state index contributed by atoms with van der Waals surface area (Å²) in [5.74, 6) is 5.26. The van der Waals surface area contributed by atoms with Gasteiger partial charge < -0.3 is 10.2 Å². The van der Waals surface area contributed by atoms with Gasteiger partial charge in [0.2, 0.25) is 0 Å². The van der Waals surface area contributed by atoms with Crippen LogP contribution in [0.3, 0.4) is 0 Å². The van der Waals surface area contributed by atoms with Gasteiger partial charge in [0.25, 0.3) is 0 Å². The molecule has 3 heteroatoms. The van der Waals surface area contributed by atoms with E-state index in [4.69, 9.17) is 6.42 Å². The standard InChI is InChI=1S/C12H22N2S/c1-4-6-11(13-7-5-2)12-10-15-9-8-14(12)3/h1,11-13H,5-10H2,2-3H3. The molecular weight excluding hydrogens is 204 g/mol. The molecule has 1 N–H and O–H groups in total. The summed E-state index contributed by atoms with van der Waals surface area (Å²) in [5, 5.41) is 3.57. The molecule has 1 aliphatic rings. The van der Waals surface area contributed by atoms with Gasteiger partial charge in [-0.2, -0.15) is 11.8 Å². The molecule has 0 aromatic rings. The highest BCUT2D eigenvalue weighted by Crippen LogP contribution is 2.18. The minimum Gasteiger partial charge on any atom is -0.311 e. The van der Waals surface area contributed by atoms with Crippen LogP contribution in [0.25, 0.3) is 0 Å². The maximum Gasteiger partial charge on any atom is 0.0346 e. The summed E-state index contributed by atoms with van der Waals surface area (Å²) in [7, 11) is 2.21. The number of likely N-dealkylation sites (N-methyl/N-ethyl adjacent to an activating group) is 1. The van der Waals surface area contributed by atoms with E-state index >= 15 is 0 Å². The summed E-state index contributed by atoms with van der Waals surface area (Å²) in [6, 6.07) is 1.07. The van der Waals surface area contributed by atoms with E-state index in [9.17, 15) is 0 Å². The van der Waals surface area contributed by atoms with Crippen LogP contribution in [0.5, 0.6) is 0 Å². The van der Waals surface area contributed by atoms with Crippen molar-refractivity contribution in [1.29, 1.82) is 0 Å². The highest BCUT2D eigenvalue weighted by atomic mass is 32.2. The number of terminal acetylenes is 1. The van der Waals surface area contributed by atoms with Crippen molar-refractivity contribution in [3.8, 4) is 12.3 Å². The van der Waals surface area contributed by atoms with Crippen LogP contribution in [0, 0.1) is 12.3 Å². The molecule has 1 heterocycles. The molecule has 1 saturated heterocycles. The first kappa shape index (κ1) is 12.9. The van der Waals surface area contributed by atoms with E-state index in [1.165, 1.54) is 24.5 Å². The Labute approximate surface area is 98.2 Å². The fourth-order valence-corrected chi connectivity index (χ4v) is 3.24. The summed E-state index contributed by atoms with van der Waals surface area (Å²) < 4.78 is 0. The van der Waals surface area contributed by atoms with Crippen molar-refractivity contribution in [1.82, 2.24) is 10.2 Å². The van der Waals surface area contributed by atoms with Crippen LogP contribution in [-0.2, 0) is 0 Å². The fraction of sp³-hybridized carbons (Fsp3) is 0.833. The first-order chi connectivity index (χ1) is 7.29. The van der Waals surface area contributed by atoms with Gasteiger partial charge in [-0.1, -0.05) is 6.92 Å². The first-order valence-electron chi connectivity index (χ1n) is 5.74. The lowest BCUT2D eigenvalue weighted by Crippen LogP contribution is -2.52. The summed E-state index contributed by atoms with van der Waals surface area (Å²) in [6.07, 6.45) is 7.45. The molecule has 0 amide bonds. The third-order valence-corrected chi connectivity index (χ3v) is 3.95. The third-order valence-electron chi connectivity index (χ3n) is 2.90. The van der Waals surface area contributed by atoms with Crippen LogP contribution in [-0.4, -0.2) is 48.6 Å². The van der Waals surface area contributed by atoms with Crippen molar-refractivity contribution in [2.75, 3.05) is 31.6 Å². The van der Waals surface area contributed by atoms with Gasteiger partial charge in [-0.3, -0.25) is 0 Å². The number of nitrogens with one attached hydrogen (secondary N) is 1. The minimum absolute atomic E-state index is 0.466. The Bertz CT molecular complexity index is 212. The lowest BCUT2D eigenvalue weighted by Gasteiger charge is -2.37. The lowest BCUT2D eigenvalue weighted by atomic mass is 10.1. The van der Waals surface area contributed by atoms with E-state index in [2.05, 4.69) is 30.1 Å². The Hall–Kier alpha value is -0.170. The van der Waals surface area contributed by atoms with Crippen LogP contribution in [0.15, 0.2) is 0 Å². The van der Waals surface area contributed by atoms with Crippen LogP contribution in [0.2, 0.25) is 0 Å². The molecule has 2 atom stereocenters. The number of thioether (sulfide) groups is 1. The van der Waals surface area contributed by atoms with Crippen molar-refractivity contribution < 1.29 is 0 Å². The number of rotatable bonds is 5. The molecule has 1 fully saturated rings. The Morgan fingerprint density at radius 3 is 3.07 bits per heavy atom. The Morgan fingerprint density at radius 2 is 2.47 bits per heavy atom. The predicted octanol–water partition coefficient (Wildman–Crippen LogP) is 1.43. The van der Waals surface area contributed by atoms with Gasteiger partial charge in [0, 0.05) is 36.6 Å². The van der Waals surface area contributed by atoms with Gasteiger partial charge in [0.05, 0.1) is 0 Å². The van der Waals surface area contributed by atoms with Crippen molar-refractivity contribution >= 4 is 11.8 Å². The predicted molar refractivity (Wildman–Crippen MR) is 69.3 cm³/mol. The zero-order chi connectivity index (χ0) is 11.1. The van der Waals surface area contributed by atoms with Gasteiger partial charge >= 0.3 is 0 Å². The Kier molecular flexibility index (Phi) is 6.16. The first-order valence-corrected chi connectivity index (χ1v) is 6.90.